The molecule has 1 aromatic heterocycles. The zero-order valence-corrected chi connectivity index (χ0v) is 12.6. The number of ether oxygens (including phenoxy) is 1. The SMILES string of the molecule is CN(CC1CCOCC1)C(=O)c1cc2ccccc2oc1=O. The maximum absolute atomic E-state index is 12.5. The van der Waals surface area contributed by atoms with Crippen molar-refractivity contribution in [3.63, 3.8) is 0 Å². The zero-order chi connectivity index (χ0) is 15.5. The van der Waals surface area contributed by atoms with Crippen LogP contribution in [0.5, 0.6) is 0 Å². The molecule has 0 atom stereocenters. The first kappa shape index (κ1) is 14.8. The fourth-order valence-corrected chi connectivity index (χ4v) is 2.82. The highest BCUT2D eigenvalue weighted by atomic mass is 16.5. The Morgan fingerprint density at radius 3 is 2.77 bits per heavy atom. The van der Waals surface area contributed by atoms with Crippen molar-refractivity contribution < 1.29 is 13.9 Å². The number of benzene rings is 1. The van der Waals surface area contributed by atoms with Crippen molar-refractivity contribution in [2.24, 2.45) is 5.92 Å². The summed E-state index contributed by atoms with van der Waals surface area (Å²) in [6.45, 7) is 2.12. The van der Waals surface area contributed by atoms with Gasteiger partial charge in [-0.2, -0.15) is 0 Å². The number of amides is 1. The molecule has 0 N–H and O–H groups in total. The van der Waals surface area contributed by atoms with Crippen molar-refractivity contribution >= 4 is 16.9 Å². The molecule has 1 aliphatic heterocycles. The summed E-state index contributed by atoms with van der Waals surface area (Å²) in [5, 5.41) is 0.755. The predicted octanol–water partition coefficient (Wildman–Crippen LogP) is 2.29. The molecule has 1 amide bonds. The highest BCUT2D eigenvalue weighted by Gasteiger charge is 2.22. The Balaban J connectivity index is 1.81. The van der Waals surface area contributed by atoms with Crippen LogP contribution in [-0.4, -0.2) is 37.6 Å². The van der Waals surface area contributed by atoms with Gasteiger partial charge in [-0.05, 0) is 30.9 Å². The first-order valence-corrected chi connectivity index (χ1v) is 7.51. The zero-order valence-electron chi connectivity index (χ0n) is 12.6. The Hall–Kier alpha value is -2.14. The van der Waals surface area contributed by atoms with E-state index in [-0.39, 0.29) is 11.5 Å². The van der Waals surface area contributed by atoms with Crippen molar-refractivity contribution in [2.75, 3.05) is 26.8 Å². The van der Waals surface area contributed by atoms with Crippen LogP contribution in [0.4, 0.5) is 0 Å². The summed E-state index contributed by atoms with van der Waals surface area (Å²) in [4.78, 5) is 26.2. The van der Waals surface area contributed by atoms with E-state index >= 15 is 0 Å². The summed E-state index contributed by atoms with van der Waals surface area (Å²) in [5.74, 6) is 0.140. The Labute approximate surface area is 128 Å². The van der Waals surface area contributed by atoms with Crippen molar-refractivity contribution in [2.45, 2.75) is 12.8 Å². The van der Waals surface area contributed by atoms with Crippen molar-refractivity contribution in [1.82, 2.24) is 4.90 Å². The largest absolute Gasteiger partial charge is 0.422 e. The number of fused-ring (bicyclic) bond motifs is 1. The lowest BCUT2D eigenvalue weighted by Crippen LogP contribution is -2.36. The number of carbonyl (C=O) groups is 1. The lowest BCUT2D eigenvalue weighted by atomic mass is 9.99. The molecule has 0 radical (unpaired) electrons. The third-order valence-electron chi connectivity index (χ3n) is 4.09. The van der Waals surface area contributed by atoms with E-state index in [0.29, 0.717) is 18.0 Å². The topological polar surface area (TPSA) is 59.8 Å². The lowest BCUT2D eigenvalue weighted by Gasteiger charge is -2.27. The molecule has 1 fully saturated rings. The minimum Gasteiger partial charge on any atom is -0.422 e. The summed E-state index contributed by atoms with van der Waals surface area (Å²) in [5.41, 5.74) is 0.00641. The van der Waals surface area contributed by atoms with Gasteiger partial charge in [-0.25, -0.2) is 4.79 Å². The summed E-state index contributed by atoms with van der Waals surface area (Å²) in [6, 6.07) is 8.81. The molecular formula is C17H19NO4. The van der Waals surface area contributed by atoms with Crippen LogP contribution in [0.3, 0.4) is 0 Å². The third kappa shape index (κ3) is 3.04. The Morgan fingerprint density at radius 1 is 1.27 bits per heavy atom. The van der Waals surface area contributed by atoms with E-state index in [1.807, 2.05) is 12.1 Å². The van der Waals surface area contributed by atoms with E-state index in [1.54, 1.807) is 30.1 Å². The molecule has 1 aliphatic rings. The molecule has 2 heterocycles. The van der Waals surface area contributed by atoms with Crippen LogP contribution >= 0.6 is 0 Å². The molecule has 22 heavy (non-hydrogen) atoms. The molecule has 116 valence electrons. The number of rotatable bonds is 3. The van der Waals surface area contributed by atoms with E-state index in [0.717, 1.165) is 31.4 Å². The molecule has 0 saturated carbocycles. The molecule has 5 heteroatoms. The van der Waals surface area contributed by atoms with Gasteiger partial charge >= 0.3 is 5.63 Å². The molecule has 0 unspecified atom stereocenters. The average molecular weight is 301 g/mol. The van der Waals surface area contributed by atoms with E-state index in [1.165, 1.54) is 0 Å². The van der Waals surface area contributed by atoms with Gasteiger partial charge in [0, 0.05) is 32.2 Å². The quantitative estimate of drug-likeness (QED) is 0.816. The first-order valence-electron chi connectivity index (χ1n) is 7.51. The van der Waals surface area contributed by atoms with E-state index in [2.05, 4.69) is 0 Å². The van der Waals surface area contributed by atoms with Crippen LogP contribution in [0.1, 0.15) is 23.2 Å². The molecular weight excluding hydrogens is 282 g/mol. The summed E-state index contributed by atoms with van der Waals surface area (Å²) >= 11 is 0. The van der Waals surface area contributed by atoms with Crippen molar-refractivity contribution in [3.8, 4) is 0 Å². The normalized spacial score (nSPS) is 15.9. The molecule has 3 rings (SSSR count). The Kier molecular flexibility index (Phi) is 4.24. The number of para-hydroxylation sites is 1. The minimum absolute atomic E-state index is 0.0910. The van der Waals surface area contributed by atoms with Crippen LogP contribution in [0, 0.1) is 5.92 Å². The molecule has 0 bridgehead atoms. The number of nitrogens with zero attached hydrogens (tertiary/aromatic N) is 1. The van der Waals surface area contributed by atoms with Crippen LogP contribution in [0.15, 0.2) is 39.5 Å². The van der Waals surface area contributed by atoms with E-state index in [4.69, 9.17) is 9.15 Å². The second kappa shape index (κ2) is 6.32. The molecule has 0 spiro atoms. The third-order valence-corrected chi connectivity index (χ3v) is 4.09. The van der Waals surface area contributed by atoms with Gasteiger partial charge in [-0.15, -0.1) is 0 Å². The molecule has 2 aromatic rings. The van der Waals surface area contributed by atoms with Gasteiger partial charge in [-0.1, -0.05) is 18.2 Å². The van der Waals surface area contributed by atoms with Crippen LogP contribution in [0.25, 0.3) is 11.0 Å². The van der Waals surface area contributed by atoms with Gasteiger partial charge < -0.3 is 14.1 Å². The van der Waals surface area contributed by atoms with Gasteiger partial charge in [0.2, 0.25) is 0 Å². The molecule has 5 nitrogen and oxygen atoms in total. The minimum atomic E-state index is -0.581. The van der Waals surface area contributed by atoms with Gasteiger partial charge in [0.1, 0.15) is 11.1 Å². The smallest absolute Gasteiger partial charge is 0.349 e. The van der Waals surface area contributed by atoms with Crippen molar-refractivity contribution in [1.29, 1.82) is 0 Å². The first-order chi connectivity index (χ1) is 10.6. The second-order valence-electron chi connectivity index (χ2n) is 5.73. The van der Waals surface area contributed by atoms with Gasteiger partial charge in [0.25, 0.3) is 5.91 Å². The van der Waals surface area contributed by atoms with E-state index < -0.39 is 5.63 Å². The highest BCUT2D eigenvalue weighted by Crippen LogP contribution is 2.17. The van der Waals surface area contributed by atoms with Crippen molar-refractivity contribution in [3.05, 3.63) is 46.3 Å². The van der Waals surface area contributed by atoms with Gasteiger partial charge in [0.05, 0.1) is 0 Å². The van der Waals surface area contributed by atoms with Crippen LogP contribution in [-0.2, 0) is 4.74 Å². The molecule has 0 aliphatic carbocycles. The van der Waals surface area contributed by atoms with Crippen LogP contribution in [0.2, 0.25) is 0 Å². The van der Waals surface area contributed by atoms with Crippen LogP contribution < -0.4 is 5.63 Å². The number of hydrogen-bond acceptors (Lipinski definition) is 4. The monoisotopic (exact) mass is 301 g/mol. The standard InChI is InChI=1S/C17H19NO4/c1-18(11-12-6-8-21-9-7-12)16(19)14-10-13-4-2-3-5-15(13)22-17(14)20/h2-5,10,12H,6-9,11H2,1H3. The lowest BCUT2D eigenvalue weighted by molar-refractivity contribution is 0.0496. The van der Waals surface area contributed by atoms with E-state index in [9.17, 15) is 9.59 Å². The summed E-state index contributed by atoms with van der Waals surface area (Å²) < 4.78 is 10.6. The van der Waals surface area contributed by atoms with Gasteiger partial charge in [-0.3, -0.25) is 4.79 Å². The average Bonchev–Trinajstić information content (AvgIpc) is 2.54. The second-order valence-corrected chi connectivity index (χ2v) is 5.73. The van der Waals surface area contributed by atoms with Gasteiger partial charge in [0.15, 0.2) is 0 Å². The Morgan fingerprint density at radius 2 is 2.00 bits per heavy atom. The molecule has 1 saturated heterocycles. The maximum Gasteiger partial charge on any atom is 0.349 e. The fourth-order valence-electron chi connectivity index (χ4n) is 2.82. The predicted molar refractivity (Wildman–Crippen MR) is 83.0 cm³/mol. The number of carbonyl (C=O) groups excluding carboxylic acids is 1. The summed E-state index contributed by atoms with van der Waals surface area (Å²) in [7, 11) is 1.73. The fraction of sp³-hybridized carbons (Fsp3) is 0.412. The Bertz CT molecular complexity index is 731. The number of hydrogen-bond donors (Lipinski definition) is 0. The maximum atomic E-state index is 12.5. The highest BCUT2D eigenvalue weighted by molar-refractivity contribution is 5.96. The molecule has 1 aromatic carbocycles. The summed E-state index contributed by atoms with van der Waals surface area (Å²) in [6.07, 6.45) is 1.90.